The number of hydrogen-bond donors (Lipinski definition) is 3. The molecule has 0 aliphatic rings. The Labute approximate surface area is 111 Å². The minimum atomic E-state index is -1.16. The van der Waals surface area contributed by atoms with E-state index < -0.39 is 5.97 Å². The summed E-state index contributed by atoms with van der Waals surface area (Å²) < 4.78 is 0. The summed E-state index contributed by atoms with van der Waals surface area (Å²) in [5, 5.41) is 21.1. The molecule has 1 rings (SSSR count). The molecule has 0 aliphatic carbocycles. The van der Waals surface area contributed by atoms with Crippen molar-refractivity contribution < 1.29 is 15.0 Å². The first-order chi connectivity index (χ1) is 8.45. The molecule has 0 saturated heterocycles. The van der Waals surface area contributed by atoms with Crippen LogP contribution in [0.4, 0.5) is 5.82 Å². The molecular formula is C12H17ClN2O3. The van der Waals surface area contributed by atoms with Crippen molar-refractivity contribution in [2.45, 2.75) is 26.3 Å². The Morgan fingerprint density at radius 2 is 2.17 bits per heavy atom. The van der Waals surface area contributed by atoms with Crippen molar-refractivity contribution in [2.75, 3.05) is 11.9 Å². The Morgan fingerprint density at radius 1 is 1.50 bits per heavy atom. The third kappa shape index (κ3) is 3.85. The number of nitrogens with one attached hydrogen (secondary N) is 1. The third-order valence-electron chi connectivity index (χ3n) is 2.63. The predicted molar refractivity (Wildman–Crippen MR) is 70.2 cm³/mol. The van der Waals surface area contributed by atoms with Crippen LogP contribution in [0, 0.1) is 5.92 Å². The quantitative estimate of drug-likeness (QED) is 0.740. The highest BCUT2D eigenvalue weighted by Gasteiger charge is 2.16. The summed E-state index contributed by atoms with van der Waals surface area (Å²) in [4.78, 5) is 14.9. The lowest BCUT2D eigenvalue weighted by Gasteiger charge is -2.22. The second-order valence-electron chi connectivity index (χ2n) is 4.34. The summed E-state index contributed by atoms with van der Waals surface area (Å²) in [6.45, 7) is 4.10. The molecule has 0 saturated carbocycles. The second-order valence-corrected chi connectivity index (χ2v) is 4.75. The van der Waals surface area contributed by atoms with Crippen molar-refractivity contribution in [3.63, 3.8) is 0 Å². The molecule has 0 bridgehead atoms. The van der Waals surface area contributed by atoms with Gasteiger partial charge < -0.3 is 15.5 Å². The van der Waals surface area contributed by atoms with Crippen LogP contribution in [0.2, 0.25) is 5.02 Å². The SMILES string of the molecule is CC(C)C(CCO)Nc1ccc(Cl)c(C(=O)O)n1. The van der Waals surface area contributed by atoms with Crippen molar-refractivity contribution in [2.24, 2.45) is 5.92 Å². The highest BCUT2D eigenvalue weighted by Crippen LogP contribution is 2.19. The normalized spacial score (nSPS) is 12.5. The zero-order valence-corrected chi connectivity index (χ0v) is 11.1. The Morgan fingerprint density at radius 3 is 2.67 bits per heavy atom. The van der Waals surface area contributed by atoms with Crippen molar-refractivity contribution in [1.82, 2.24) is 4.98 Å². The average Bonchev–Trinajstić information content (AvgIpc) is 2.30. The fraction of sp³-hybridized carbons (Fsp3) is 0.500. The highest BCUT2D eigenvalue weighted by atomic mass is 35.5. The van der Waals surface area contributed by atoms with E-state index in [1.807, 2.05) is 13.8 Å². The van der Waals surface area contributed by atoms with E-state index in [1.165, 1.54) is 6.07 Å². The number of aliphatic hydroxyl groups excluding tert-OH is 1. The standard InChI is InChI=1S/C12H17ClN2O3/c1-7(2)9(5-6-16)14-10-4-3-8(13)11(15-10)12(17)18/h3-4,7,9,16H,5-6H2,1-2H3,(H,14,15)(H,17,18). The Bertz CT molecular complexity index is 424. The fourth-order valence-corrected chi connectivity index (χ4v) is 1.76. The van der Waals surface area contributed by atoms with Crippen LogP contribution in [0.1, 0.15) is 30.8 Å². The first-order valence-corrected chi connectivity index (χ1v) is 6.10. The lowest BCUT2D eigenvalue weighted by molar-refractivity contribution is 0.0691. The van der Waals surface area contributed by atoms with E-state index in [4.69, 9.17) is 21.8 Å². The molecule has 1 atom stereocenters. The number of carboxylic acids is 1. The van der Waals surface area contributed by atoms with E-state index in [-0.39, 0.29) is 23.4 Å². The number of carbonyl (C=O) groups is 1. The molecule has 100 valence electrons. The van der Waals surface area contributed by atoms with Crippen LogP contribution in [0.15, 0.2) is 12.1 Å². The van der Waals surface area contributed by atoms with E-state index in [1.54, 1.807) is 6.07 Å². The van der Waals surface area contributed by atoms with Gasteiger partial charge in [-0.25, -0.2) is 9.78 Å². The van der Waals surface area contributed by atoms with Gasteiger partial charge >= 0.3 is 5.97 Å². The number of rotatable bonds is 6. The second kappa shape index (κ2) is 6.56. The van der Waals surface area contributed by atoms with Crippen molar-refractivity contribution in [3.8, 4) is 0 Å². The highest BCUT2D eigenvalue weighted by molar-refractivity contribution is 6.33. The molecule has 6 heteroatoms. The maximum absolute atomic E-state index is 10.9. The van der Waals surface area contributed by atoms with Gasteiger partial charge in [-0.3, -0.25) is 0 Å². The van der Waals surface area contributed by atoms with Gasteiger partial charge in [0.15, 0.2) is 5.69 Å². The van der Waals surface area contributed by atoms with Crippen LogP contribution in [0.25, 0.3) is 0 Å². The number of aromatic carboxylic acids is 1. The molecule has 0 aliphatic heterocycles. The summed E-state index contributed by atoms with van der Waals surface area (Å²) in [6, 6.07) is 3.16. The first-order valence-electron chi connectivity index (χ1n) is 5.73. The Balaban J connectivity index is 2.89. The van der Waals surface area contributed by atoms with Crippen LogP contribution in [0.5, 0.6) is 0 Å². The number of carboxylic acid groups (broad SMARTS) is 1. The molecule has 0 aromatic carbocycles. The van der Waals surface area contributed by atoms with Gasteiger partial charge in [0.1, 0.15) is 5.82 Å². The number of nitrogens with zero attached hydrogens (tertiary/aromatic N) is 1. The lowest BCUT2D eigenvalue weighted by Crippen LogP contribution is -2.27. The summed E-state index contributed by atoms with van der Waals surface area (Å²) in [5.41, 5.74) is -0.173. The van der Waals surface area contributed by atoms with Gasteiger partial charge in [0.05, 0.1) is 5.02 Å². The molecule has 0 fully saturated rings. The van der Waals surface area contributed by atoms with Crippen molar-refractivity contribution in [1.29, 1.82) is 0 Å². The minimum Gasteiger partial charge on any atom is -0.476 e. The number of aliphatic hydroxyl groups is 1. The zero-order valence-electron chi connectivity index (χ0n) is 10.4. The summed E-state index contributed by atoms with van der Waals surface area (Å²) in [7, 11) is 0. The summed E-state index contributed by atoms with van der Waals surface area (Å²) >= 11 is 5.74. The van der Waals surface area contributed by atoms with E-state index in [9.17, 15) is 4.79 Å². The number of halogens is 1. The molecule has 1 aromatic rings. The smallest absolute Gasteiger partial charge is 0.356 e. The maximum Gasteiger partial charge on any atom is 0.356 e. The molecule has 0 radical (unpaired) electrons. The number of pyridine rings is 1. The predicted octanol–water partition coefficient (Wildman–Crippen LogP) is 2.25. The lowest BCUT2D eigenvalue weighted by atomic mass is 10.0. The zero-order chi connectivity index (χ0) is 13.7. The molecule has 5 nitrogen and oxygen atoms in total. The topological polar surface area (TPSA) is 82.5 Å². The van der Waals surface area contributed by atoms with Gasteiger partial charge in [0.2, 0.25) is 0 Å². The summed E-state index contributed by atoms with van der Waals surface area (Å²) in [5.74, 6) is -0.418. The summed E-state index contributed by atoms with van der Waals surface area (Å²) in [6.07, 6.45) is 0.574. The number of aromatic nitrogens is 1. The van der Waals surface area contributed by atoms with Gasteiger partial charge in [-0.15, -0.1) is 0 Å². The van der Waals surface area contributed by atoms with Crippen molar-refractivity contribution in [3.05, 3.63) is 22.8 Å². The Hall–Kier alpha value is -1.33. The molecule has 1 aromatic heterocycles. The van der Waals surface area contributed by atoms with Crippen LogP contribution in [0.3, 0.4) is 0 Å². The van der Waals surface area contributed by atoms with Gasteiger partial charge in [0, 0.05) is 12.6 Å². The fourth-order valence-electron chi connectivity index (χ4n) is 1.57. The van der Waals surface area contributed by atoms with Crippen LogP contribution in [-0.2, 0) is 0 Å². The molecule has 1 heterocycles. The number of anilines is 1. The van der Waals surface area contributed by atoms with E-state index >= 15 is 0 Å². The van der Waals surface area contributed by atoms with Crippen molar-refractivity contribution >= 4 is 23.4 Å². The largest absolute Gasteiger partial charge is 0.476 e. The van der Waals surface area contributed by atoms with Gasteiger partial charge in [-0.2, -0.15) is 0 Å². The molecule has 0 spiro atoms. The van der Waals surface area contributed by atoms with Crippen LogP contribution < -0.4 is 5.32 Å². The van der Waals surface area contributed by atoms with Crippen LogP contribution >= 0.6 is 11.6 Å². The Kier molecular flexibility index (Phi) is 5.37. The number of hydrogen-bond acceptors (Lipinski definition) is 4. The third-order valence-corrected chi connectivity index (χ3v) is 2.93. The van der Waals surface area contributed by atoms with Gasteiger partial charge in [0.25, 0.3) is 0 Å². The molecule has 0 amide bonds. The van der Waals surface area contributed by atoms with E-state index in [2.05, 4.69) is 10.3 Å². The van der Waals surface area contributed by atoms with Crippen LogP contribution in [-0.4, -0.2) is 33.8 Å². The monoisotopic (exact) mass is 272 g/mol. The first kappa shape index (κ1) is 14.7. The molecule has 1 unspecified atom stereocenters. The maximum atomic E-state index is 10.9. The van der Waals surface area contributed by atoms with Gasteiger partial charge in [-0.1, -0.05) is 25.4 Å². The van der Waals surface area contributed by atoms with Gasteiger partial charge in [-0.05, 0) is 24.5 Å². The average molecular weight is 273 g/mol. The van der Waals surface area contributed by atoms with E-state index in [0.717, 1.165) is 0 Å². The van der Waals surface area contributed by atoms with E-state index in [0.29, 0.717) is 18.2 Å². The molecule has 3 N–H and O–H groups in total. The minimum absolute atomic E-state index is 0.0327. The molecular weight excluding hydrogens is 256 g/mol. The molecule has 18 heavy (non-hydrogen) atoms.